The molecule has 0 aromatic heterocycles. The van der Waals surface area contributed by atoms with E-state index in [1.165, 1.54) is 24.1 Å². The molecular formula is C27H27NO7S. The Bertz CT molecular complexity index is 1290. The van der Waals surface area contributed by atoms with Gasteiger partial charge in [0.2, 0.25) is 0 Å². The Morgan fingerprint density at radius 2 is 1.50 bits per heavy atom. The van der Waals surface area contributed by atoms with E-state index in [1.807, 2.05) is 36.4 Å². The average Bonchev–Trinajstić information content (AvgIpc) is 3.32. The van der Waals surface area contributed by atoms with Crippen molar-refractivity contribution in [3.05, 3.63) is 90.5 Å². The lowest BCUT2D eigenvalue weighted by Crippen LogP contribution is -2.57. The van der Waals surface area contributed by atoms with E-state index in [0.29, 0.717) is 17.9 Å². The van der Waals surface area contributed by atoms with Gasteiger partial charge in [-0.25, -0.2) is 18.0 Å². The van der Waals surface area contributed by atoms with E-state index in [-0.39, 0.29) is 24.5 Å². The molecule has 1 atom stereocenters. The molecule has 1 aliphatic rings. The van der Waals surface area contributed by atoms with E-state index in [4.69, 9.17) is 14.2 Å². The number of likely N-dealkylation sites (tertiary alicyclic amines) is 1. The Hall–Kier alpha value is -3.85. The van der Waals surface area contributed by atoms with Crippen molar-refractivity contribution in [2.24, 2.45) is 0 Å². The molecule has 1 fully saturated rings. The minimum absolute atomic E-state index is 0.00303. The summed E-state index contributed by atoms with van der Waals surface area (Å²) >= 11 is 0. The summed E-state index contributed by atoms with van der Waals surface area (Å²) in [7, 11) is -2.81. The Kier molecular flexibility index (Phi) is 7.59. The number of nitrogens with zero attached hydrogens (tertiary/aromatic N) is 1. The minimum atomic E-state index is -3.99. The zero-order valence-corrected chi connectivity index (χ0v) is 20.6. The summed E-state index contributed by atoms with van der Waals surface area (Å²) < 4.78 is 42.9. The molecule has 3 aromatic carbocycles. The molecule has 8 nitrogen and oxygen atoms in total. The Balaban J connectivity index is 1.53. The smallest absolute Gasteiger partial charge is 0.411 e. The van der Waals surface area contributed by atoms with Crippen LogP contribution in [0.1, 0.15) is 18.4 Å². The van der Waals surface area contributed by atoms with Gasteiger partial charge >= 0.3 is 12.1 Å². The molecule has 1 heterocycles. The first-order chi connectivity index (χ1) is 17.3. The van der Waals surface area contributed by atoms with Crippen molar-refractivity contribution in [1.29, 1.82) is 0 Å². The first-order valence-electron chi connectivity index (χ1n) is 11.5. The summed E-state index contributed by atoms with van der Waals surface area (Å²) in [6.45, 7) is 0.186. The second-order valence-corrected chi connectivity index (χ2v) is 10.5. The van der Waals surface area contributed by atoms with Gasteiger partial charge in [0.25, 0.3) is 0 Å². The molecule has 0 N–H and O–H groups in total. The third-order valence-corrected chi connectivity index (χ3v) is 7.92. The molecule has 36 heavy (non-hydrogen) atoms. The van der Waals surface area contributed by atoms with Crippen molar-refractivity contribution in [2.75, 3.05) is 19.4 Å². The maximum atomic E-state index is 13.4. The molecular weight excluding hydrogens is 482 g/mol. The number of carbonyl (C=O) groups excluding carboxylic acids is 2. The van der Waals surface area contributed by atoms with Gasteiger partial charge in [0.05, 0.1) is 17.8 Å². The zero-order chi connectivity index (χ0) is 25.6. The maximum Gasteiger partial charge on any atom is 0.411 e. The number of methoxy groups -OCH3 is 1. The van der Waals surface area contributed by atoms with Gasteiger partial charge in [-0.05, 0) is 54.8 Å². The van der Waals surface area contributed by atoms with Crippen LogP contribution < -0.4 is 4.74 Å². The maximum absolute atomic E-state index is 13.4. The number of rotatable bonds is 8. The van der Waals surface area contributed by atoms with Crippen molar-refractivity contribution < 1.29 is 32.2 Å². The Morgan fingerprint density at radius 3 is 2.14 bits per heavy atom. The topological polar surface area (TPSA) is 99.2 Å². The first kappa shape index (κ1) is 25.2. The van der Waals surface area contributed by atoms with Crippen molar-refractivity contribution in [3.63, 3.8) is 0 Å². The number of carbonyl (C=O) groups is 2. The van der Waals surface area contributed by atoms with Gasteiger partial charge in [-0.15, -0.1) is 0 Å². The summed E-state index contributed by atoms with van der Waals surface area (Å²) in [4.78, 5) is 27.1. The highest BCUT2D eigenvalue weighted by Gasteiger charge is 2.54. The molecule has 0 spiro atoms. The molecule has 9 heteroatoms. The summed E-state index contributed by atoms with van der Waals surface area (Å²) in [5, 5.41) is 0. The number of esters is 1. The van der Waals surface area contributed by atoms with Crippen LogP contribution >= 0.6 is 0 Å². The van der Waals surface area contributed by atoms with Crippen molar-refractivity contribution in [1.82, 2.24) is 4.90 Å². The van der Waals surface area contributed by atoms with Crippen LogP contribution in [0.5, 0.6) is 11.5 Å². The summed E-state index contributed by atoms with van der Waals surface area (Å²) in [5.74, 6) is -0.320. The number of amides is 1. The zero-order valence-electron chi connectivity index (χ0n) is 19.8. The lowest BCUT2D eigenvalue weighted by Gasteiger charge is -2.34. The third-order valence-electron chi connectivity index (χ3n) is 6.07. The van der Waals surface area contributed by atoms with Gasteiger partial charge < -0.3 is 14.2 Å². The summed E-state index contributed by atoms with van der Waals surface area (Å²) in [6, 6.07) is 24.1. The van der Waals surface area contributed by atoms with Gasteiger partial charge in [-0.3, -0.25) is 4.90 Å². The van der Waals surface area contributed by atoms with Crippen LogP contribution in [0.25, 0.3) is 0 Å². The second-order valence-electron chi connectivity index (χ2n) is 8.46. The molecule has 3 aromatic rings. The Labute approximate surface area is 210 Å². The van der Waals surface area contributed by atoms with Crippen LogP contribution in [0.15, 0.2) is 89.8 Å². The predicted octanol–water partition coefficient (Wildman–Crippen LogP) is 4.60. The molecule has 0 radical (unpaired) electrons. The lowest BCUT2D eigenvalue weighted by atomic mass is 9.99. The number of hydrogen-bond acceptors (Lipinski definition) is 7. The molecule has 0 aliphatic carbocycles. The highest BCUT2D eigenvalue weighted by Crippen LogP contribution is 2.35. The third kappa shape index (κ3) is 5.52. The molecule has 0 unspecified atom stereocenters. The van der Waals surface area contributed by atoms with E-state index >= 15 is 0 Å². The number of hydrogen-bond donors (Lipinski definition) is 0. The fourth-order valence-corrected chi connectivity index (χ4v) is 6.05. The van der Waals surface area contributed by atoms with E-state index in [9.17, 15) is 18.0 Å². The fourth-order valence-electron chi connectivity index (χ4n) is 4.29. The number of benzene rings is 3. The van der Waals surface area contributed by atoms with Gasteiger partial charge in [0.15, 0.2) is 15.4 Å². The quantitative estimate of drug-likeness (QED) is 0.409. The van der Waals surface area contributed by atoms with Gasteiger partial charge in [-0.2, -0.15) is 0 Å². The van der Waals surface area contributed by atoms with E-state index < -0.39 is 33.2 Å². The molecule has 1 amide bonds. The second kappa shape index (κ2) is 10.8. The van der Waals surface area contributed by atoms with Crippen LogP contribution in [-0.4, -0.2) is 50.3 Å². The largest absolute Gasteiger partial charge is 0.467 e. The van der Waals surface area contributed by atoms with Crippen molar-refractivity contribution in [2.45, 2.75) is 29.9 Å². The highest BCUT2D eigenvalue weighted by atomic mass is 32.2. The first-order valence-corrected chi connectivity index (χ1v) is 13.1. The summed E-state index contributed by atoms with van der Waals surface area (Å²) in [6.07, 6.45) is -0.174. The van der Waals surface area contributed by atoms with Crippen molar-refractivity contribution in [3.8, 4) is 11.5 Å². The molecule has 1 saturated heterocycles. The van der Waals surface area contributed by atoms with Crippen molar-refractivity contribution >= 4 is 21.9 Å². The summed E-state index contributed by atoms with van der Waals surface area (Å²) in [5.41, 5.74) is -0.903. The van der Waals surface area contributed by atoms with Gasteiger partial charge in [-0.1, -0.05) is 48.5 Å². The lowest BCUT2D eigenvalue weighted by molar-refractivity contribution is -0.151. The molecule has 0 saturated carbocycles. The molecule has 1 aliphatic heterocycles. The normalized spacial score (nSPS) is 17.4. The fraction of sp³-hybridized carbons (Fsp3) is 0.259. The molecule has 4 rings (SSSR count). The standard InChI is InChI=1S/C27H27NO7S/c1-33-25(29)27(17-8-18-28(27)26(30)34-19-21-9-4-2-5-10-21)20-36(31,32)24-15-13-23(14-16-24)35-22-11-6-3-7-12-22/h2-7,9-16H,8,17-20H2,1H3/t27-/m1/s1. The van der Waals surface area contributed by atoms with Gasteiger partial charge in [0.1, 0.15) is 18.1 Å². The molecule has 0 bridgehead atoms. The van der Waals surface area contributed by atoms with Crippen LogP contribution in [0.4, 0.5) is 4.79 Å². The van der Waals surface area contributed by atoms with Crippen LogP contribution in [0.3, 0.4) is 0 Å². The minimum Gasteiger partial charge on any atom is -0.467 e. The molecule has 188 valence electrons. The van der Waals surface area contributed by atoms with Crippen LogP contribution in [0, 0.1) is 0 Å². The number of ether oxygens (including phenoxy) is 3. The van der Waals surface area contributed by atoms with E-state index in [0.717, 1.165) is 5.56 Å². The van der Waals surface area contributed by atoms with E-state index in [1.54, 1.807) is 36.4 Å². The SMILES string of the molecule is COC(=O)[C@]1(CS(=O)(=O)c2ccc(Oc3ccccc3)cc2)CCCN1C(=O)OCc1ccccc1. The highest BCUT2D eigenvalue weighted by molar-refractivity contribution is 7.91. The van der Waals surface area contributed by atoms with E-state index in [2.05, 4.69) is 0 Å². The van der Waals surface area contributed by atoms with Gasteiger partial charge in [0, 0.05) is 6.54 Å². The average molecular weight is 510 g/mol. The number of para-hydroxylation sites is 1. The monoisotopic (exact) mass is 509 g/mol. The van der Waals surface area contributed by atoms with Crippen LogP contribution in [-0.2, 0) is 30.7 Å². The predicted molar refractivity (Wildman–Crippen MR) is 132 cm³/mol. The Morgan fingerprint density at radius 1 is 0.889 bits per heavy atom. The van der Waals surface area contributed by atoms with Crippen LogP contribution in [0.2, 0.25) is 0 Å². The number of sulfone groups is 1.